The van der Waals surface area contributed by atoms with Gasteiger partial charge in [-0.15, -0.1) is 0 Å². The number of rotatable bonds is 2. The van der Waals surface area contributed by atoms with E-state index in [1.54, 1.807) is 0 Å². The predicted molar refractivity (Wildman–Crippen MR) is 95.8 cm³/mol. The monoisotopic (exact) mass is 334 g/mol. The molecule has 0 bridgehead atoms. The van der Waals surface area contributed by atoms with Gasteiger partial charge >= 0.3 is 11.9 Å². The van der Waals surface area contributed by atoms with E-state index < -0.39 is 11.9 Å². The van der Waals surface area contributed by atoms with Crippen molar-refractivity contribution < 1.29 is 19.8 Å². The Labute approximate surface area is 144 Å². The van der Waals surface area contributed by atoms with Gasteiger partial charge in [0.05, 0.1) is 11.1 Å². The first-order chi connectivity index (χ1) is 11.6. The SMILES string of the molecule is C1CCCCC1.C1CCCCC1.O=C(O)c1ccccc1C(=O)O. The molecule has 0 radical (unpaired) electrons. The van der Waals surface area contributed by atoms with E-state index in [0.717, 1.165) is 0 Å². The Hall–Kier alpha value is -1.84. The molecule has 0 amide bonds. The van der Waals surface area contributed by atoms with Gasteiger partial charge in [0.1, 0.15) is 0 Å². The summed E-state index contributed by atoms with van der Waals surface area (Å²) in [6, 6.07) is 5.48. The molecule has 0 spiro atoms. The zero-order valence-electron chi connectivity index (χ0n) is 14.5. The average Bonchev–Trinajstić information content (AvgIpc) is 2.65. The van der Waals surface area contributed by atoms with E-state index in [4.69, 9.17) is 10.2 Å². The van der Waals surface area contributed by atoms with Crippen LogP contribution in [0.15, 0.2) is 24.3 Å². The van der Waals surface area contributed by atoms with Gasteiger partial charge in [0.2, 0.25) is 0 Å². The van der Waals surface area contributed by atoms with Crippen molar-refractivity contribution in [3.63, 3.8) is 0 Å². The van der Waals surface area contributed by atoms with Crippen LogP contribution >= 0.6 is 0 Å². The highest BCUT2D eigenvalue weighted by atomic mass is 16.4. The van der Waals surface area contributed by atoms with Crippen LogP contribution < -0.4 is 0 Å². The maximum absolute atomic E-state index is 10.5. The topological polar surface area (TPSA) is 74.6 Å². The Morgan fingerprint density at radius 3 is 0.917 bits per heavy atom. The van der Waals surface area contributed by atoms with Crippen LogP contribution in [0, 0.1) is 0 Å². The van der Waals surface area contributed by atoms with Crippen molar-refractivity contribution in [2.75, 3.05) is 0 Å². The number of carboxylic acid groups (broad SMARTS) is 2. The summed E-state index contributed by atoms with van der Waals surface area (Å²) in [6.45, 7) is 0. The van der Waals surface area contributed by atoms with Gasteiger partial charge in [-0.05, 0) is 12.1 Å². The third-order valence-corrected chi connectivity index (χ3v) is 4.39. The predicted octanol–water partition coefficient (Wildman–Crippen LogP) is 5.76. The second-order valence-electron chi connectivity index (χ2n) is 6.40. The molecule has 1 aromatic rings. The van der Waals surface area contributed by atoms with Gasteiger partial charge in [0.15, 0.2) is 0 Å². The van der Waals surface area contributed by atoms with Crippen LogP contribution in [0.4, 0.5) is 0 Å². The molecule has 2 N–H and O–H groups in total. The largest absolute Gasteiger partial charge is 0.478 e. The first-order valence-corrected chi connectivity index (χ1v) is 9.18. The van der Waals surface area contributed by atoms with E-state index >= 15 is 0 Å². The van der Waals surface area contributed by atoms with Crippen molar-refractivity contribution in [3.05, 3.63) is 35.4 Å². The minimum atomic E-state index is -1.23. The van der Waals surface area contributed by atoms with Crippen LogP contribution in [-0.4, -0.2) is 22.2 Å². The van der Waals surface area contributed by atoms with Crippen LogP contribution in [0.3, 0.4) is 0 Å². The lowest BCUT2D eigenvalue weighted by atomic mass is 10.0. The molecule has 0 atom stereocenters. The maximum Gasteiger partial charge on any atom is 0.336 e. The van der Waals surface area contributed by atoms with E-state index in [0.29, 0.717) is 0 Å². The van der Waals surface area contributed by atoms with Crippen molar-refractivity contribution >= 4 is 11.9 Å². The van der Waals surface area contributed by atoms with Crippen LogP contribution in [-0.2, 0) is 0 Å². The molecule has 0 heterocycles. The summed E-state index contributed by atoms with van der Waals surface area (Å²) in [5.74, 6) is -2.46. The summed E-state index contributed by atoms with van der Waals surface area (Å²) in [5.41, 5.74) is -0.380. The Morgan fingerprint density at radius 1 is 0.542 bits per heavy atom. The Kier molecular flexibility index (Phi) is 10.6. The van der Waals surface area contributed by atoms with Gasteiger partial charge in [-0.2, -0.15) is 0 Å². The van der Waals surface area contributed by atoms with Crippen LogP contribution in [0.25, 0.3) is 0 Å². The average molecular weight is 334 g/mol. The number of hydrogen-bond donors (Lipinski definition) is 2. The lowest BCUT2D eigenvalue weighted by molar-refractivity contribution is 0.0651. The Balaban J connectivity index is 0.000000200. The van der Waals surface area contributed by atoms with E-state index in [2.05, 4.69) is 0 Å². The van der Waals surface area contributed by atoms with E-state index in [9.17, 15) is 9.59 Å². The third kappa shape index (κ3) is 8.70. The number of carboxylic acids is 2. The van der Waals surface area contributed by atoms with E-state index in [-0.39, 0.29) is 11.1 Å². The maximum atomic E-state index is 10.5. The van der Waals surface area contributed by atoms with Crippen molar-refractivity contribution in [3.8, 4) is 0 Å². The highest BCUT2D eigenvalue weighted by Crippen LogP contribution is 2.15. The molecular formula is C20H30O4. The highest BCUT2D eigenvalue weighted by Gasteiger charge is 2.13. The van der Waals surface area contributed by atoms with Gasteiger partial charge < -0.3 is 10.2 Å². The third-order valence-electron chi connectivity index (χ3n) is 4.39. The molecule has 1 aromatic carbocycles. The number of aromatic carboxylic acids is 2. The van der Waals surface area contributed by atoms with Crippen LogP contribution in [0.2, 0.25) is 0 Å². The summed E-state index contributed by atoms with van der Waals surface area (Å²) in [7, 11) is 0. The van der Waals surface area contributed by atoms with Gasteiger partial charge in [0, 0.05) is 0 Å². The smallest absolute Gasteiger partial charge is 0.336 e. The fourth-order valence-corrected chi connectivity index (χ4v) is 2.98. The molecule has 24 heavy (non-hydrogen) atoms. The van der Waals surface area contributed by atoms with E-state index in [1.165, 1.54) is 101 Å². The molecule has 0 aliphatic heterocycles. The zero-order chi connectivity index (χ0) is 17.6. The molecule has 2 saturated carbocycles. The summed E-state index contributed by atoms with van der Waals surface area (Å²) < 4.78 is 0. The van der Waals surface area contributed by atoms with Gasteiger partial charge in [-0.1, -0.05) is 89.2 Å². The lowest BCUT2D eigenvalue weighted by Crippen LogP contribution is -2.06. The van der Waals surface area contributed by atoms with Gasteiger partial charge in [0.25, 0.3) is 0 Å². The minimum Gasteiger partial charge on any atom is -0.478 e. The molecule has 0 unspecified atom stereocenters. The lowest BCUT2D eigenvalue weighted by Gasteiger charge is -2.05. The number of benzene rings is 1. The minimum absolute atomic E-state index is 0.190. The highest BCUT2D eigenvalue weighted by molar-refractivity contribution is 6.01. The second-order valence-corrected chi connectivity index (χ2v) is 6.40. The standard InChI is InChI=1S/C8H6O4.2C6H12/c9-7(10)5-3-1-2-4-6(5)8(11)12;2*1-2-4-6-5-3-1/h1-4H,(H,9,10)(H,11,12);2*1-6H2. The van der Waals surface area contributed by atoms with Crippen molar-refractivity contribution in [1.82, 2.24) is 0 Å². The molecule has 4 nitrogen and oxygen atoms in total. The zero-order valence-corrected chi connectivity index (χ0v) is 14.5. The molecule has 0 aromatic heterocycles. The summed E-state index contributed by atoms with van der Waals surface area (Å²) in [6.07, 6.45) is 18.0. The molecule has 2 fully saturated rings. The van der Waals surface area contributed by atoms with Crippen LogP contribution in [0.1, 0.15) is 97.8 Å². The first kappa shape index (κ1) is 20.2. The summed E-state index contributed by atoms with van der Waals surface area (Å²) in [4.78, 5) is 20.9. The molecule has 2 aliphatic rings. The molecular weight excluding hydrogens is 304 g/mol. The Morgan fingerprint density at radius 2 is 0.750 bits per heavy atom. The van der Waals surface area contributed by atoms with Gasteiger partial charge in [-0.3, -0.25) is 0 Å². The fourth-order valence-electron chi connectivity index (χ4n) is 2.98. The van der Waals surface area contributed by atoms with E-state index in [1.807, 2.05) is 0 Å². The molecule has 0 saturated heterocycles. The molecule has 4 heteroatoms. The fraction of sp³-hybridized carbons (Fsp3) is 0.600. The van der Waals surface area contributed by atoms with Gasteiger partial charge in [-0.25, -0.2) is 9.59 Å². The molecule has 2 aliphatic carbocycles. The number of hydrogen-bond acceptors (Lipinski definition) is 2. The quantitative estimate of drug-likeness (QED) is 0.720. The van der Waals surface area contributed by atoms with Crippen molar-refractivity contribution in [2.24, 2.45) is 0 Å². The molecule has 134 valence electrons. The summed E-state index contributed by atoms with van der Waals surface area (Å²) >= 11 is 0. The Bertz CT molecular complexity index is 420. The van der Waals surface area contributed by atoms with Crippen molar-refractivity contribution in [1.29, 1.82) is 0 Å². The van der Waals surface area contributed by atoms with Crippen LogP contribution in [0.5, 0.6) is 0 Å². The number of carbonyl (C=O) groups is 2. The normalized spacial score (nSPS) is 16.7. The second kappa shape index (κ2) is 12.6. The first-order valence-electron chi connectivity index (χ1n) is 9.18. The molecule has 3 rings (SSSR count). The summed E-state index contributed by atoms with van der Waals surface area (Å²) in [5, 5.41) is 17.1. The van der Waals surface area contributed by atoms with Crippen molar-refractivity contribution in [2.45, 2.75) is 77.0 Å².